The van der Waals surface area contributed by atoms with Crippen LogP contribution in [0.25, 0.3) is 0 Å². The minimum atomic E-state index is -0.519. The van der Waals surface area contributed by atoms with Gasteiger partial charge >= 0.3 is 0 Å². The Labute approximate surface area is 81.1 Å². The molecule has 0 heterocycles. The normalized spacial score (nSPS) is 9.86. The first-order chi connectivity index (χ1) is 6.56. The minimum absolute atomic E-state index is 0.0440. The molecule has 0 fully saturated rings. The van der Waals surface area contributed by atoms with Crippen LogP contribution in [0.4, 0.5) is 5.69 Å². The number of ether oxygens (including phenoxy) is 1. The van der Waals surface area contributed by atoms with Gasteiger partial charge in [-0.1, -0.05) is 0 Å². The summed E-state index contributed by atoms with van der Waals surface area (Å²) in [5.74, 6) is 0.108. The predicted octanol–water partition coefficient (Wildman–Crippen LogP) is 2.01. The Morgan fingerprint density at radius 3 is 2.71 bits per heavy atom. The zero-order valence-corrected chi connectivity index (χ0v) is 7.98. The van der Waals surface area contributed by atoms with Crippen LogP contribution in [0.15, 0.2) is 12.1 Å². The van der Waals surface area contributed by atoms with Gasteiger partial charge in [-0.25, -0.2) is 0 Å². The molecule has 14 heavy (non-hydrogen) atoms. The van der Waals surface area contributed by atoms with Crippen LogP contribution in [0.3, 0.4) is 0 Å². The SMILES string of the molecule is CCOc1cc([N+](=O)[O-])cc(C)c1O. The number of nitrogens with zero attached hydrogens (tertiary/aromatic N) is 1. The van der Waals surface area contributed by atoms with Crippen molar-refractivity contribution in [2.45, 2.75) is 13.8 Å². The Balaban J connectivity index is 3.20. The van der Waals surface area contributed by atoms with Crippen molar-refractivity contribution in [3.8, 4) is 11.5 Å². The van der Waals surface area contributed by atoms with E-state index in [-0.39, 0.29) is 17.2 Å². The highest BCUT2D eigenvalue weighted by atomic mass is 16.6. The fraction of sp³-hybridized carbons (Fsp3) is 0.333. The molecule has 1 rings (SSSR count). The van der Waals surface area contributed by atoms with Crippen molar-refractivity contribution in [2.75, 3.05) is 6.61 Å². The summed E-state index contributed by atoms with van der Waals surface area (Å²) in [6.07, 6.45) is 0. The number of aromatic hydroxyl groups is 1. The number of benzene rings is 1. The molecule has 1 aromatic rings. The summed E-state index contributed by atoms with van der Waals surface area (Å²) >= 11 is 0. The Kier molecular flexibility index (Phi) is 2.91. The smallest absolute Gasteiger partial charge is 0.273 e. The second-order valence-corrected chi connectivity index (χ2v) is 2.80. The molecule has 76 valence electrons. The summed E-state index contributed by atoms with van der Waals surface area (Å²) in [5, 5.41) is 20.0. The molecule has 0 aliphatic carbocycles. The van der Waals surface area contributed by atoms with Crippen LogP contribution in [0.2, 0.25) is 0 Å². The topological polar surface area (TPSA) is 72.6 Å². The van der Waals surface area contributed by atoms with Crippen LogP contribution in [0.5, 0.6) is 11.5 Å². The summed E-state index contributed by atoms with van der Waals surface area (Å²) in [6.45, 7) is 3.69. The van der Waals surface area contributed by atoms with Crippen LogP contribution in [-0.2, 0) is 0 Å². The summed E-state index contributed by atoms with van der Waals surface area (Å²) < 4.78 is 5.05. The summed E-state index contributed by atoms with van der Waals surface area (Å²) in [4.78, 5) is 9.97. The summed E-state index contributed by atoms with van der Waals surface area (Å²) in [7, 11) is 0. The molecule has 0 saturated carbocycles. The number of non-ortho nitro benzene ring substituents is 1. The average molecular weight is 197 g/mol. The van der Waals surface area contributed by atoms with E-state index in [9.17, 15) is 15.2 Å². The molecule has 0 spiro atoms. The lowest BCUT2D eigenvalue weighted by atomic mass is 10.2. The van der Waals surface area contributed by atoms with E-state index in [1.165, 1.54) is 12.1 Å². The van der Waals surface area contributed by atoms with Gasteiger partial charge in [-0.15, -0.1) is 0 Å². The van der Waals surface area contributed by atoms with Gasteiger partial charge in [0, 0.05) is 11.6 Å². The number of rotatable bonds is 3. The van der Waals surface area contributed by atoms with Crippen molar-refractivity contribution in [1.82, 2.24) is 0 Å². The van der Waals surface area contributed by atoms with E-state index in [2.05, 4.69) is 0 Å². The average Bonchev–Trinajstić information content (AvgIpc) is 2.12. The second-order valence-electron chi connectivity index (χ2n) is 2.80. The molecule has 0 atom stereocenters. The number of hydrogen-bond donors (Lipinski definition) is 1. The van der Waals surface area contributed by atoms with Crippen molar-refractivity contribution in [1.29, 1.82) is 0 Å². The number of nitro benzene ring substituents is 1. The van der Waals surface area contributed by atoms with Crippen LogP contribution in [0.1, 0.15) is 12.5 Å². The summed E-state index contributed by atoms with van der Waals surface area (Å²) in [5.41, 5.74) is 0.353. The Bertz CT molecular complexity index is 362. The molecular formula is C9H11NO4. The van der Waals surface area contributed by atoms with E-state index < -0.39 is 4.92 Å². The molecule has 5 heteroatoms. The number of phenolic OH excluding ortho intramolecular Hbond substituents is 1. The standard InChI is InChI=1S/C9H11NO4/c1-3-14-8-5-7(10(12)13)4-6(2)9(8)11/h4-5,11H,3H2,1-2H3. The fourth-order valence-corrected chi connectivity index (χ4v) is 1.10. The maximum Gasteiger partial charge on any atom is 0.273 e. The van der Waals surface area contributed by atoms with Gasteiger partial charge in [-0.3, -0.25) is 10.1 Å². The molecule has 0 aromatic heterocycles. The van der Waals surface area contributed by atoms with Gasteiger partial charge in [0.1, 0.15) is 0 Å². The van der Waals surface area contributed by atoms with Crippen molar-refractivity contribution in [3.05, 3.63) is 27.8 Å². The van der Waals surface area contributed by atoms with Crippen LogP contribution >= 0.6 is 0 Å². The third-order valence-electron chi connectivity index (χ3n) is 1.76. The number of aryl methyl sites for hydroxylation is 1. The first kappa shape index (κ1) is 10.3. The molecule has 0 saturated heterocycles. The Hall–Kier alpha value is -1.78. The largest absolute Gasteiger partial charge is 0.504 e. The van der Waals surface area contributed by atoms with Crippen molar-refractivity contribution >= 4 is 5.69 Å². The molecule has 0 unspecified atom stereocenters. The maximum absolute atomic E-state index is 10.5. The molecule has 0 aliphatic heterocycles. The highest BCUT2D eigenvalue weighted by Gasteiger charge is 2.14. The number of nitro groups is 1. The summed E-state index contributed by atoms with van der Waals surface area (Å²) in [6, 6.07) is 2.52. The van der Waals surface area contributed by atoms with Crippen LogP contribution in [0, 0.1) is 17.0 Å². The predicted molar refractivity (Wildman–Crippen MR) is 50.7 cm³/mol. The number of hydrogen-bond acceptors (Lipinski definition) is 4. The Morgan fingerprint density at radius 1 is 1.57 bits per heavy atom. The third-order valence-corrected chi connectivity index (χ3v) is 1.76. The van der Waals surface area contributed by atoms with Crippen LogP contribution < -0.4 is 4.74 Å². The van der Waals surface area contributed by atoms with Gasteiger partial charge in [-0.2, -0.15) is 0 Å². The molecular weight excluding hydrogens is 186 g/mol. The second kappa shape index (κ2) is 3.95. The zero-order valence-electron chi connectivity index (χ0n) is 7.98. The lowest BCUT2D eigenvalue weighted by Crippen LogP contribution is -1.95. The van der Waals surface area contributed by atoms with Crippen molar-refractivity contribution in [3.63, 3.8) is 0 Å². The van der Waals surface area contributed by atoms with E-state index >= 15 is 0 Å². The Morgan fingerprint density at radius 2 is 2.21 bits per heavy atom. The highest BCUT2D eigenvalue weighted by Crippen LogP contribution is 2.33. The highest BCUT2D eigenvalue weighted by molar-refractivity contribution is 5.52. The van der Waals surface area contributed by atoms with E-state index in [0.717, 1.165) is 0 Å². The molecule has 5 nitrogen and oxygen atoms in total. The van der Waals surface area contributed by atoms with Gasteiger partial charge < -0.3 is 9.84 Å². The lowest BCUT2D eigenvalue weighted by Gasteiger charge is -2.07. The lowest BCUT2D eigenvalue weighted by molar-refractivity contribution is -0.385. The third kappa shape index (κ3) is 1.93. The maximum atomic E-state index is 10.5. The van der Waals surface area contributed by atoms with Crippen molar-refractivity contribution < 1.29 is 14.8 Å². The van der Waals surface area contributed by atoms with Crippen molar-refractivity contribution in [2.24, 2.45) is 0 Å². The quantitative estimate of drug-likeness (QED) is 0.594. The fourth-order valence-electron chi connectivity index (χ4n) is 1.10. The van der Waals surface area contributed by atoms with E-state index in [1.807, 2.05) is 0 Å². The molecule has 1 N–H and O–H groups in total. The van der Waals surface area contributed by atoms with E-state index in [4.69, 9.17) is 4.74 Å². The minimum Gasteiger partial charge on any atom is -0.504 e. The van der Waals surface area contributed by atoms with Gasteiger partial charge in [0.25, 0.3) is 5.69 Å². The molecule has 0 amide bonds. The molecule has 1 aromatic carbocycles. The molecule has 0 radical (unpaired) electrons. The molecule has 0 aliphatic rings. The van der Waals surface area contributed by atoms with Crippen LogP contribution in [-0.4, -0.2) is 16.6 Å². The number of phenols is 1. The van der Waals surface area contributed by atoms with Gasteiger partial charge in [0.05, 0.1) is 17.6 Å². The van der Waals surface area contributed by atoms with E-state index in [1.54, 1.807) is 13.8 Å². The monoisotopic (exact) mass is 197 g/mol. The first-order valence-corrected chi connectivity index (χ1v) is 4.17. The van der Waals surface area contributed by atoms with Gasteiger partial charge in [0.2, 0.25) is 0 Å². The van der Waals surface area contributed by atoms with Gasteiger partial charge in [-0.05, 0) is 13.8 Å². The van der Waals surface area contributed by atoms with E-state index in [0.29, 0.717) is 12.2 Å². The van der Waals surface area contributed by atoms with Gasteiger partial charge in [0.15, 0.2) is 11.5 Å². The first-order valence-electron chi connectivity index (χ1n) is 4.17. The zero-order chi connectivity index (χ0) is 10.7. The molecule has 0 bridgehead atoms.